The Morgan fingerprint density at radius 1 is 0.821 bits per heavy atom. The highest BCUT2D eigenvalue weighted by molar-refractivity contribution is 5.40. The summed E-state index contributed by atoms with van der Waals surface area (Å²) in [4.78, 5) is 11.4. The van der Waals surface area contributed by atoms with Gasteiger partial charge < -0.3 is 10.2 Å². The summed E-state index contributed by atoms with van der Waals surface area (Å²) < 4.78 is 1.44. The molecule has 1 heterocycles. The topological polar surface area (TPSA) is 62.5 Å². The fraction of sp³-hybridized carbons (Fsp3) is 0.708. The van der Waals surface area contributed by atoms with E-state index >= 15 is 0 Å². The molecule has 1 aromatic heterocycles. The molecule has 0 spiro atoms. The predicted molar refractivity (Wildman–Crippen MR) is 119 cm³/mol. The van der Waals surface area contributed by atoms with E-state index < -0.39 is 5.43 Å². The van der Waals surface area contributed by atoms with Crippen molar-refractivity contribution in [2.24, 2.45) is 0 Å². The van der Waals surface area contributed by atoms with Gasteiger partial charge in [0.05, 0.1) is 11.8 Å². The zero-order chi connectivity index (χ0) is 20.6. The molecule has 0 aromatic carbocycles. The van der Waals surface area contributed by atoms with Crippen molar-refractivity contribution in [2.75, 3.05) is 0 Å². The lowest BCUT2D eigenvalue weighted by Crippen LogP contribution is -2.07. The number of rotatable bonds is 16. The molecule has 1 aromatic rings. The maximum atomic E-state index is 11.4. The molecule has 0 saturated carbocycles. The molecular weight excluding hydrogens is 350 g/mol. The number of unbranched alkanes of at least 4 members (excludes halogenated alkanes) is 14. The zero-order valence-electron chi connectivity index (χ0n) is 18.1. The van der Waals surface area contributed by atoms with Gasteiger partial charge in [-0.25, -0.2) is 0 Å². The number of hydrogen-bond donors (Lipinski definition) is 2. The van der Waals surface area contributed by atoms with E-state index in [-0.39, 0.29) is 11.6 Å². The lowest BCUT2D eigenvalue weighted by molar-refractivity contribution is 0.420. The van der Waals surface area contributed by atoms with E-state index in [0.29, 0.717) is 5.69 Å². The number of pyridine rings is 1. The Labute approximate surface area is 171 Å². The maximum Gasteiger partial charge on any atom is 0.227 e. The molecule has 0 aliphatic carbocycles. The molecule has 2 N–H and O–H groups in total. The van der Waals surface area contributed by atoms with Crippen LogP contribution in [0.1, 0.15) is 109 Å². The first-order valence-electron chi connectivity index (χ1n) is 11.4. The minimum Gasteiger partial charge on any atom is -0.503 e. The van der Waals surface area contributed by atoms with Crippen molar-refractivity contribution < 1.29 is 10.2 Å². The van der Waals surface area contributed by atoms with Gasteiger partial charge in [0, 0.05) is 6.20 Å². The molecule has 4 heteroatoms. The molecule has 0 aliphatic rings. The number of aromatic hydroxyl groups is 2. The van der Waals surface area contributed by atoms with Gasteiger partial charge in [-0.15, -0.1) is 0 Å². The third-order valence-electron chi connectivity index (χ3n) is 5.42. The summed E-state index contributed by atoms with van der Waals surface area (Å²) >= 11 is 0. The Kier molecular flexibility index (Phi) is 13.2. The summed E-state index contributed by atoms with van der Waals surface area (Å²) in [5.41, 5.74) is -0.186. The average molecular weight is 392 g/mol. The van der Waals surface area contributed by atoms with Crippen molar-refractivity contribution in [2.45, 2.75) is 110 Å². The summed E-state index contributed by atoms with van der Waals surface area (Å²) in [6.07, 6.45) is 23.5. The molecule has 4 nitrogen and oxygen atoms in total. The van der Waals surface area contributed by atoms with Crippen molar-refractivity contribution in [3.05, 3.63) is 28.1 Å². The van der Waals surface area contributed by atoms with Crippen LogP contribution in [0.5, 0.6) is 11.6 Å². The third-order valence-corrected chi connectivity index (χ3v) is 5.42. The first kappa shape index (κ1) is 24.3. The highest BCUT2D eigenvalue weighted by Gasteiger charge is 2.08. The smallest absolute Gasteiger partial charge is 0.227 e. The summed E-state index contributed by atoms with van der Waals surface area (Å²) in [6, 6.07) is 1.04. The molecule has 0 amide bonds. The molecule has 0 unspecified atom stereocenters. The number of aromatic nitrogens is 1. The quantitative estimate of drug-likeness (QED) is 0.301. The fourth-order valence-electron chi connectivity index (χ4n) is 3.54. The predicted octanol–water partition coefficient (Wildman–Crippen LogP) is 6.91. The molecule has 0 radical (unpaired) electrons. The largest absolute Gasteiger partial charge is 0.503 e. The van der Waals surface area contributed by atoms with Crippen molar-refractivity contribution >= 4 is 6.20 Å². The van der Waals surface area contributed by atoms with Gasteiger partial charge >= 0.3 is 0 Å². The second-order valence-corrected chi connectivity index (χ2v) is 7.94. The van der Waals surface area contributed by atoms with Crippen LogP contribution < -0.4 is 5.43 Å². The van der Waals surface area contributed by atoms with E-state index in [1.54, 1.807) is 13.1 Å². The molecule has 1 rings (SSSR count). The van der Waals surface area contributed by atoms with Crippen LogP contribution in [0, 0.1) is 6.92 Å². The molecule has 0 saturated heterocycles. The van der Waals surface area contributed by atoms with Gasteiger partial charge in [-0.05, 0) is 19.8 Å². The van der Waals surface area contributed by atoms with Crippen molar-refractivity contribution in [3.63, 3.8) is 0 Å². The Bertz CT molecular complexity index is 619. The van der Waals surface area contributed by atoms with Crippen molar-refractivity contribution in [1.82, 2.24) is 4.57 Å². The normalized spacial score (nSPS) is 11.5. The van der Waals surface area contributed by atoms with Gasteiger partial charge in [0.25, 0.3) is 0 Å². The monoisotopic (exact) mass is 391 g/mol. The van der Waals surface area contributed by atoms with Gasteiger partial charge in [0.2, 0.25) is 5.43 Å². The molecule has 0 fully saturated rings. The maximum absolute atomic E-state index is 11.4. The molecular formula is C24H41NO3. The van der Waals surface area contributed by atoms with Crippen LogP contribution >= 0.6 is 0 Å². The van der Waals surface area contributed by atoms with Gasteiger partial charge in [-0.1, -0.05) is 96.5 Å². The van der Waals surface area contributed by atoms with E-state index in [1.165, 1.54) is 88.0 Å². The molecule has 0 aliphatic heterocycles. The van der Waals surface area contributed by atoms with Crippen molar-refractivity contribution in [3.8, 4) is 11.6 Å². The standard InChI is InChI=1S/C24H41NO3/c1-3-4-5-6-7-8-9-10-11-12-13-14-15-16-17-18-19-25-21(2)24(28)22(26)20-23(25)27/h18-20,27-28H,3-17H2,1-2H3. The number of nitrogens with zero attached hydrogens (tertiary/aromatic N) is 1. The molecule has 28 heavy (non-hydrogen) atoms. The second kappa shape index (κ2) is 15.2. The Hall–Kier alpha value is -1.71. The van der Waals surface area contributed by atoms with Crippen LogP contribution in [0.25, 0.3) is 6.20 Å². The van der Waals surface area contributed by atoms with Crippen LogP contribution in [-0.4, -0.2) is 14.8 Å². The zero-order valence-corrected chi connectivity index (χ0v) is 18.1. The highest BCUT2D eigenvalue weighted by Crippen LogP contribution is 2.18. The Morgan fingerprint density at radius 3 is 1.79 bits per heavy atom. The first-order valence-corrected chi connectivity index (χ1v) is 11.4. The minimum absolute atomic E-state index is 0.141. The van der Waals surface area contributed by atoms with Gasteiger partial charge in [-0.2, -0.15) is 0 Å². The number of hydrogen-bond acceptors (Lipinski definition) is 3. The summed E-state index contributed by atoms with van der Waals surface area (Å²) in [5.74, 6) is -0.448. The molecule has 160 valence electrons. The van der Waals surface area contributed by atoms with Crippen LogP contribution in [0.2, 0.25) is 0 Å². The number of allylic oxidation sites excluding steroid dienone is 1. The second-order valence-electron chi connectivity index (χ2n) is 7.94. The lowest BCUT2D eigenvalue weighted by Gasteiger charge is -2.09. The van der Waals surface area contributed by atoms with Gasteiger partial charge in [0.15, 0.2) is 11.6 Å². The van der Waals surface area contributed by atoms with E-state index in [2.05, 4.69) is 6.92 Å². The van der Waals surface area contributed by atoms with Gasteiger partial charge in [-0.3, -0.25) is 9.36 Å². The van der Waals surface area contributed by atoms with E-state index in [0.717, 1.165) is 18.9 Å². The summed E-state index contributed by atoms with van der Waals surface area (Å²) in [6.45, 7) is 3.89. The van der Waals surface area contributed by atoms with Crippen molar-refractivity contribution in [1.29, 1.82) is 0 Å². The van der Waals surface area contributed by atoms with E-state index in [1.807, 2.05) is 6.08 Å². The van der Waals surface area contributed by atoms with Crippen LogP contribution in [0.3, 0.4) is 0 Å². The summed E-state index contributed by atoms with van der Waals surface area (Å²) in [7, 11) is 0. The van der Waals surface area contributed by atoms with E-state index in [9.17, 15) is 15.0 Å². The van der Waals surface area contributed by atoms with Gasteiger partial charge in [0.1, 0.15) is 0 Å². The average Bonchev–Trinajstić information content (AvgIpc) is 2.68. The lowest BCUT2D eigenvalue weighted by atomic mass is 10.0. The Balaban J connectivity index is 1.99. The highest BCUT2D eigenvalue weighted by atomic mass is 16.3. The van der Waals surface area contributed by atoms with Crippen LogP contribution in [0.15, 0.2) is 16.9 Å². The first-order chi connectivity index (χ1) is 13.6. The van der Waals surface area contributed by atoms with Crippen LogP contribution in [-0.2, 0) is 0 Å². The molecule has 0 bridgehead atoms. The van der Waals surface area contributed by atoms with E-state index in [4.69, 9.17) is 0 Å². The SMILES string of the molecule is CCCCCCCCCCCCCCCCC=Cn1c(O)cc(=O)c(O)c1C. The third kappa shape index (κ3) is 10.0. The minimum atomic E-state index is -0.549. The molecule has 0 atom stereocenters. The summed E-state index contributed by atoms with van der Waals surface area (Å²) in [5, 5.41) is 19.5. The fourth-order valence-corrected chi connectivity index (χ4v) is 3.54. The van der Waals surface area contributed by atoms with Crippen LogP contribution in [0.4, 0.5) is 0 Å². The Morgan fingerprint density at radius 2 is 1.29 bits per heavy atom.